The largest absolute Gasteiger partial charge is 0.315 e. The molecule has 8 aromatic rings. The highest BCUT2D eigenvalue weighted by molar-refractivity contribution is 7.18. The minimum absolute atomic E-state index is 0.0778. The SMILES string of the molecule is CC1(C)c2ccccc2-c2ccc(N(c3ccc4ccccc4c3)c3cc4ccn(-c5ccccc5)c4c4sccc34)cc21. The van der Waals surface area contributed by atoms with Gasteiger partial charge in [0.1, 0.15) is 0 Å². The molecule has 6 aromatic carbocycles. The molecule has 210 valence electrons. The summed E-state index contributed by atoms with van der Waals surface area (Å²) in [5.41, 5.74) is 11.3. The summed E-state index contributed by atoms with van der Waals surface area (Å²) in [5.74, 6) is 0. The number of nitrogens with zero attached hydrogens (tertiary/aromatic N) is 2. The molecular formula is C41H30N2S. The predicted molar refractivity (Wildman–Crippen MR) is 188 cm³/mol. The molecule has 0 bridgehead atoms. The smallest absolute Gasteiger partial charge is 0.0708 e. The van der Waals surface area contributed by atoms with E-state index in [4.69, 9.17) is 0 Å². The summed E-state index contributed by atoms with van der Waals surface area (Å²) in [6.07, 6.45) is 2.21. The van der Waals surface area contributed by atoms with Crippen molar-refractivity contribution in [2.45, 2.75) is 19.3 Å². The Morgan fingerprint density at radius 1 is 0.591 bits per heavy atom. The lowest BCUT2D eigenvalue weighted by atomic mass is 9.82. The maximum absolute atomic E-state index is 2.47. The number of aromatic nitrogens is 1. The molecule has 2 aromatic heterocycles. The van der Waals surface area contributed by atoms with Crippen molar-refractivity contribution in [2.75, 3.05) is 4.90 Å². The molecule has 2 heterocycles. The van der Waals surface area contributed by atoms with Gasteiger partial charge in [-0.2, -0.15) is 0 Å². The molecule has 1 aliphatic carbocycles. The van der Waals surface area contributed by atoms with E-state index in [9.17, 15) is 0 Å². The lowest BCUT2D eigenvalue weighted by Gasteiger charge is -2.29. The molecule has 0 N–H and O–H groups in total. The van der Waals surface area contributed by atoms with E-state index < -0.39 is 0 Å². The number of anilines is 3. The van der Waals surface area contributed by atoms with Crippen LogP contribution in [0.2, 0.25) is 0 Å². The van der Waals surface area contributed by atoms with Crippen LogP contribution in [0, 0.1) is 0 Å². The zero-order valence-corrected chi connectivity index (χ0v) is 25.5. The van der Waals surface area contributed by atoms with Gasteiger partial charge in [0, 0.05) is 39.4 Å². The number of benzene rings is 6. The standard InChI is InChI=1S/C41H30N2S/c1-41(2)36-15-9-8-14-33(36)34-19-18-32(26-37(34)41)43(31-17-16-27-10-6-7-11-28(27)24-31)38-25-29-20-22-42(30-12-4-3-5-13-30)39(29)40-35(38)21-23-44-40/h3-26H,1-2H3. The molecule has 0 saturated heterocycles. The lowest BCUT2D eigenvalue weighted by Crippen LogP contribution is -2.16. The summed E-state index contributed by atoms with van der Waals surface area (Å²) in [4.78, 5) is 2.47. The number of rotatable bonds is 4. The second-order valence-corrected chi connectivity index (χ2v) is 13.2. The molecule has 0 unspecified atom stereocenters. The van der Waals surface area contributed by atoms with E-state index in [-0.39, 0.29) is 5.41 Å². The highest BCUT2D eigenvalue weighted by Crippen LogP contribution is 2.51. The third-order valence-electron chi connectivity index (χ3n) is 9.46. The fourth-order valence-electron chi connectivity index (χ4n) is 7.29. The summed E-state index contributed by atoms with van der Waals surface area (Å²) >= 11 is 1.82. The van der Waals surface area contributed by atoms with Gasteiger partial charge in [0.05, 0.1) is 15.9 Å². The Morgan fingerprint density at radius 2 is 1.32 bits per heavy atom. The first-order valence-corrected chi connectivity index (χ1v) is 16.1. The summed E-state index contributed by atoms with van der Waals surface area (Å²) in [6, 6.07) is 49.0. The first-order chi connectivity index (χ1) is 21.6. The monoisotopic (exact) mass is 582 g/mol. The van der Waals surface area contributed by atoms with Gasteiger partial charge in [-0.25, -0.2) is 0 Å². The average Bonchev–Trinajstić information content (AvgIpc) is 3.77. The molecule has 3 heteroatoms. The second kappa shape index (κ2) is 9.44. The molecule has 0 spiro atoms. The molecule has 9 rings (SSSR count). The topological polar surface area (TPSA) is 8.17 Å². The van der Waals surface area contributed by atoms with Gasteiger partial charge in [-0.1, -0.05) is 92.7 Å². The third kappa shape index (κ3) is 3.66. The minimum Gasteiger partial charge on any atom is -0.315 e. The zero-order chi connectivity index (χ0) is 29.4. The summed E-state index contributed by atoms with van der Waals surface area (Å²) in [7, 11) is 0. The van der Waals surface area contributed by atoms with Crippen molar-refractivity contribution in [1.29, 1.82) is 0 Å². The third-order valence-corrected chi connectivity index (χ3v) is 10.4. The molecule has 2 nitrogen and oxygen atoms in total. The van der Waals surface area contributed by atoms with Crippen molar-refractivity contribution in [1.82, 2.24) is 4.57 Å². The summed E-state index contributed by atoms with van der Waals surface area (Å²) < 4.78 is 3.62. The van der Waals surface area contributed by atoms with Crippen LogP contribution in [0.15, 0.2) is 145 Å². The first kappa shape index (κ1) is 25.4. The molecule has 0 saturated carbocycles. The highest BCUT2D eigenvalue weighted by atomic mass is 32.1. The van der Waals surface area contributed by atoms with E-state index in [1.165, 1.54) is 71.1 Å². The van der Waals surface area contributed by atoms with Gasteiger partial charge >= 0.3 is 0 Å². The molecule has 0 aliphatic heterocycles. The lowest BCUT2D eigenvalue weighted by molar-refractivity contribution is 0.660. The van der Waals surface area contributed by atoms with Crippen molar-refractivity contribution in [3.8, 4) is 16.8 Å². The van der Waals surface area contributed by atoms with Crippen molar-refractivity contribution >= 4 is 60.2 Å². The van der Waals surface area contributed by atoms with Crippen LogP contribution in [-0.4, -0.2) is 4.57 Å². The number of hydrogen-bond donors (Lipinski definition) is 0. The molecule has 0 fully saturated rings. The van der Waals surface area contributed by atoms with Crippen LogP contribution >= 0.6 is 11.3 Å². The number of fused-ring (bicyclic) bond motifs is 7. The molecule has 0 amide bonds. The van der Waals surface area contributed by atoms with Crippen LogP contribution in [0.1, 0.15) is 25.0 Å². The van der Waals surface area contributed by atoms with Crippen molar-refractivity contribution in [2.24, 2.45) is 0 Å². The number of thiophene rings is 1. The van der Waals surface area contributed by atoms with Crippen molar-refractivity contribution in [3.63, 3.8) is 0 Å². The van der Waals surface area contributed by atoms with Gasteiger partial charge in [-0.3, -0.25) is 0 Å². The Morgan fingerprint density at radius 3 is 2.20 bits per heavy atom. The van der Waals surface area contributed by atoms with E-state index in [0.29, 0.717) is 0 Å². The molecule has 1 aliphatic rings. The zero-order valence-electron chi connectivity index (χ0n) is 24.7. The van der Waals surface area contributed by atoms with Gasteiger partial charge in [0.25, 0.3) is 0 Å². The quantitative estimate of drug-likeness (QED) is 0.200. The van der Waals surface area contributed by atoms with E-state index in [0.717, 1.165) is 5.69 Å². The Kier molecular flexibility index (Phi) is 5.45. The first-order valence-electron chi connectivity index (χ1n) is 15.2. The molecule has 0 atom stereocenters. The van der Waals surface area contributed by atoms with Crippen LogP contribution in [0.4, 0.5) is 17.1 Å². The Hall–Kier alpha value is -5.12. The van der Waals surface area contributed by atoms with Crippen LogP contribution in [-0.2, 0) is 5.41 Å². The van der Waals surface area contributed by atoms with Crippen molar-refractivity contribution < 1.29 is 0 Å². The fraction of sp³-hybridized carbons (Fsp3) is 0.0732. The maximum Gasteiger partial charge on any atom is 0.0708 e. The van der Waals surface area contributed by atoms with Gasteiger partial charge in [-0.15, -0.1) is 11.3 Å². The molecule has 44 heavy (non-hydrogen) atoms. The van der Waals surface area contributed by atoms with Crippen LogP contribution in [0.5, 0.6) is 0 Å². The van der Waals surface area contributed by atoms with Gasteiger partial charge in [0.2, 0.25) is 0 Å². The summed E-state index contributed by atoms with van der Waals surface area (Å²) in [5, 5.41) is 7.21. The van der Waals surface area contributed by atoms with Crippen LogP contribution in [0.25, 0.3) is 48.6 Å². The maximum atomic E-state index is 2.47. The Balaban J connectivity index is 1.31. The van der Waals surface area contributed by atoms with Crippen LogP contribution in [0.3, 0.4) is 0 Å². The minimum atomic E-state index is -0.0778. The second-order valence-electron chi connectivity index (χ2n) is 12.3. The van der Waals surface area contributed by atoms with E-state index in [2.05, 4.69) is 168 Å². The predicted octanol–water partition coefficient (Wildman–Crippen LogP) is 11.8. The van der Waals surface area contributed by atoms with E-state index >= 15 is 0 Å². The van der Waals surface area contributed by atoms with E-state index in [1.54, 1.807) is 0 Å². The van der Waals surface area contributed by atoms with Crippen LogP contribution < -0.4 is 4.90 Å². The number of para-hydroxylation sites is 1. The van der Waals surface area contributed by atoms with Crippen molar-refractivity contribution in [3.05, 3.63) is 156 Å². The van der Waals surface area contributed by atoms with E-state index in [1.807, 2.05) is 11.3 Å². The molecular weight excluding hydrogens is 553 g/mol. The van der Waals surface area contributed by atoms with Gasteiger partial charge < -0.3 is 9.47 Å². The number of hydrogen-bond acceptors (Lipinski definition) is 2. The Bertz CT molecular complexity index is 2370. The summed E-state index contributed by atoms with van der Waals surface area (Å²) in [6.45, 7) is 4.72. The fourth-order valence-corrected chi connectivity index (χ4v) is 8.25. The average molecular weight is 583 g/mol. The van der Waals surface area contributed by atoms with Gasteiger partial charge in [-0.05, 0) is 93.0 Å². The Labute approximate surface area is 261 Å². The molecule has 0 radical (unpaired) electrons. The normalized spacial score (nSPS) is 13.4. The highest BCUT2D eigenvalue weighted by Gasteiger charge is 2.36. The van der Waals surface area contributed by atoms with Gasteiger partial charge in [0.15, 0.2) is 0 Å².